The van der Waals surface area contributed by atoms with Crippen molar-refractivity contribution in [2.45, 2.75) is 43.4 Å². The van der Waals surface area contributed by atoms with E-state index in [9.17, 15) is 4.79 Å². The van der Waals surface area contributed by atoms with Crippen molar-refractivity contribution in [2.75, 3.05) is 7.11 Å². The number of hydrogen-bond donors (Lipinski definition) is 1. The molecular weight excluding hydrogens is 280 g/mol. The maximum atomic E-state index is 12.5. The van der Waals surface area contributed by atoms with Crippen LogP contribution in [0.5, 0.6) is 0 Å². The Labute approximate surface area is 123 Å². The number of fused-ring (bicyclic) bond motifs is 1. The van der Waals surface area contributed by atoms with Crippen molar-refractivity contribution in [1.82, 2.24) is 14.5 Å². The van der Waals surface area contributed by atoms with E-state index in [-0.39, 0.29) is 17.8 Å². The Kier molecular flexibility index (Phi) is 3.28. The summed E-state index contributed by atoms with van der Waals surface area (Å²) < 4.78 is 16.4. The number of rotatable bonds is 2. The van der Waals surface area contributed by atoms with Crippen LogP contribution in [0.25, 0.3) is 6.20 Å². The van der Waals surface area contributed by atoms with E-state index in [2.05, 4.69) is 10.3 Å². The smallest absolute Gasteiger partial charge is 0.330 e. The Morgan fingerprint density at radius 1 is 1.50 bits per heavy atom. The number of nitrogens with one attached hydrogen (secondary N) is 1. The molecule has 20 heavy (non-hydrogen) atoms. The van der Waals surface area contributed by atoms with Crippen LogP contribution in [0.3, 0.4) is 0 Å². The Bertz CT molecular complexity index is 716. The molecule has 0 radical (unpaired) electrons. The van der Waals surface area contributed by atoms with Gasteiger partial charge in [-0.05, 0) is 25.7 Å². The van der Waals surface area contributed by atoms with Gasteiger partial charge in [0.25, 0.3) is 0 Å². The zero-order valence-electron chi connectivity index (χ0n) is 12.6. The highest BCUT2D eigenvalue weighted by Crippen LogP contribution is 2.27. The molecule has 1 N–H and O–H groups in total. The zero-order chi connectivity index (χ0) is 15.2. The van der Waals surface area contributed by atoms with Crippen LogP contribution in [0.4, 0.5) is 0 Å². The monoisotopic (exact) mass is 299 g/mol. The van der Waals surface area contributed by atoms with Crippen molar-refractivity contribution >= 4 is 17.8 Å². The third-order valence-electron chi connectivity index (χ3n) is 4.19. The molecule has 1 saturated carbocycles. The second kappa shape index (κ2) is 5.26. The van der Waals surface area contributed by atoms with E-state index in [1.54, 1.807) is 29.5 Å². The van der Waals surface area contributed by atoms with Crippen LogP contribution < -0.4 is 21.8 Å². The molecule has 1 aliphatic heterocycles. The third-order valence-corrected chi connectivity index (χ3v) is 4.38. The van der Waals surface area contributed by atoms with Crippen LogP contribution in [0.2, 0.25) is 0 Å². The SMILES string of the molecule is [2H]C1(Cl)N=c2c(n(C)c(=O)n2[C@H]2CC[C@H](OC)CC2)=CN1. The molecule has 0 spiro atoms. The number of ether oxygens (including phenoxy) is 1. The molecule has 1 atom stereocenters. The average molecular weight is 300 g/mol. The van der Waals surface area contributed by atoms with Gasteiger partial charge < -0.3 is 10.1 Å². The number of imidazole rings is 1. The maximum Gasteiger partial charge on any atom is 0.330 e. The van der Waals surface area contributed by atoms with Crippen LogP contribution in [0.1, 0.15) is 33.1 Å². The standard InChI is InChI=1S/C13H19ClN4O2/c1-17-10-7-15-12(14)16-11(10)18(13(17)19)8-3-5-9(20-2)6-4-8/h7-9,12,15H,3-6H2,1-2H3/t8-,9-,12?/i12D. The molecular formula is C13H19ClN4O2. The third kappa shape index (κ3) is 2.16. The normalized spacial score (nSPS) is 33.5. The summed E-state index contributed by atoms with van der Waals surface area (Å²) in [6.07, 6.45) is 5.43. The Morgan fingerprint density at radius 2 is 2.20 bits per heavy atom. The number of nitrogens with zero attached hydrogens (tertiary/aromatic N) is 3. The summed E-state index contributed by atoms with van der Waals surface area (Å²) in [5, 5.41) is 3.33. The predicted molar refractivity (Wildman–Crippen MR) is 76.0 cm³/mol. The van der Waals surface area contributed by atoms with E-state index in [0.717, 1.165) is 25.7 Å². The molecule has 1 aromatic rings. The molecule has 110 valence electrons. The molecule has 1 aliphatic carbocycles. The van der Waals surface area contributed by atoms with Gasteiger partial charge in [-0.1, -0.05) is 11.6 Å². The molecule has 1 unspecified atom stereocenters. The molecule has 2 heterocycles. The minimum atomic E-state index is -1.65. The maximum absolute atomic E-state index is 12.5. The zero-order valence-corrected chi connectivity index (χ0v) is 12.4. The minimum Gasteiger partial charge on any atom is -0.381 e. The summed E-state index contributed by atoms with van der Waals surface area (Å²) in [5.41, 5.74) is -1.27. The van der Waals surface area contributed by atoms with Gasteiger partial charge in [0.05, 0.1) is 7.47 Å². The van der Waals surface area contributed by atoms with Crippen LogP contribution in [-0.2, 0) is 11.8 Å². The summed E-state index contributed by atoms with van der Waals surface area (Å²) in [6.45, 7) is 0. The fraction of sp³-hybridized carbons (Fsp3) is 0.692. The van der Waals surface area contributed by atoms with Crippen molar-refractivity contribution in [2.24, 2.45) is 12.0 Å². The molecule has 0 aromatic carbocycles. The highest BCUT2D eigenvalue weighted by Gasteiger charge is 2.26. The highest BCUT2D eigenvalue weighted by atomic mass is 35.5. The summed E-state index contributed by atoms with van der Waals surface area (Å²) in [5.74, 6) is 0. The lowest BCUT2D eigenvalue weighted by Crippen LogP contribution is -2.43. The van der Waals surface area contributed by atoms with Crippen molar-refractivity contribution in [1.29, 1.82) is 0 Å². The molecule has 2 aliphatic rings. The topological polar surface area (TPSA) is 60.5 Å². The van der Waals surface area contributed by atoms with E-state index in [1.165, 1.54) is 0 Å². The highest BCUT2D eigenvalue weighted by molar-refractivity contribution is 6.20. The Morgan fingerprint density at radius 3 is 2.85 bits per heavy atom. The molecule has 0 saturated heterocycles. The van der Waals surface area contributed by atoms with E-state index < -0.39 is 5.60 Å². The first-order valence-electron chi connectivity index (χ1n) is 7.29. The molecule has 6 nitrogen and oxygen atoms in total. The predicted octanol–water partition coefficient (Wildman–Crippen LogP) is -0.200. The average Bonchev–Trinajstić information content (AvgIpc) is 2.69. The van der Waals surface area contributed by atoms with Crippen LogP contribution in [0, 0.1) is 0 Å². The van der Waals surface area contributed by atoms with E-state index in [0.29, 0.717) is 10.8 Å². The molecule has 7 heteroatoms. The lowest BCUT2D eigenvalue weighted by Gasteiger charge is -2.28. The first-order chi connectivity index (χ1) is 9.93. The lowest BCUT2D eigenvalue weighted by molar-refractivity contribution is 0.0574. The number of methoxy groups -OCH3 is 1. The van der Waals surface area contributed by atoms with Crippen LogP contribution >= 0.6 is 11.6 Å². The lowest BCUT2D eigenvalue weighted by atomic mass is 9.93. The van der Waals surface area contributed by atoms with Gasteiger partial charge in [0.15, 0.2) is 11.1 Å². The van der Waals surface area contributed by atoms with E-state index in [4.69, 9.17) is 17.7 Å². The van der Waals surface area contributed by atoms with Gasteiger partial charge in [-0.2, -0.15) is 0 Å². The first kappa shape index (κ1) is 12.5. The van der Waals surface area contributed by atoms with Gasteiger partial charge in [0.2, 0.25) is 0 Å². The van der Waals surface area contributed by atoms with Crippen LogP contribution in [-0.4, -0.2) is 27.9 Å². The van der Waals surface area contributed by atoms with Gasteiger partial charge in [-0.3, -0.25) is 9.13 Å². The van der Waals surface area contributed by atoms with Gasteiger partial charge >= 0.3 is 5.69 Å². The number of aromatic nitrogens is 2. The van der Waals surface area contributed by atoms with Gasteiger partial charge in [-0.25, -0.2) is 9.79 Å². The van der Waals surface area contributed by atoms with Crippen molar-refractivity contribution < 1.29 is 6.11 Å². The summed E-state index contributed by atoms with van der Waals surface area (Å²) in [6, 6.07) is 0.0848. The van der Waals surface area contributed by atoms with Gasteiger partial charge in [0, 0.05) is 26.4 Å². The quantitative estimate of drug-likeness (QED) is 0.608. The number of hydrogen-bond acceptors (Lipinski definition) is 4. The summed E-state index contributed by atoms with van der Waals surface area (Å²) >= 11 is 5.93. The fourth-order valence-electron chi connectivity index (χ4n) is 3.02. The fourth-order valence-corrected chi connectivity index (χ4v) is 3.16. The number of halogens is 1. The summed E-state index contributed by atoms with van der Waals surface area (Å²) in [4.78, 5) is 16.7. The largest absolute Gasteiger partial charge is 0.381 e. The number of alkyl halides is 1. The first-order valence-corrected chi connectivity index (χ1v) is 7.17. The molecule has 0 bridgehead atoms. The molecule has 1 aromatic heterocycles. The van der Waals surface area contributed by atoms with Crippen molar-refractivity contribution in [3.8, 4) is 0 Å². The second-order valence-corrected chi connectivity index (χ2v) is 5.64. The molecule has 1 fully saturated rings. The van der Waals surface area contributed by atoms with Gasteiger partial charge in [0.1, 0.15) is 5.35 Å². The van der Waals surface area contributed by atoms with Gasteiger partial charge in [-0.15, -0.1) is 0 Å². The Balaban J connectivity index is 2.07. The second-order valence-electron chi connectivity index (χ2n) is 5.28. The minimum absolute atomic E-state index is 0.0848. The van der Waals surface area contributed by atoms with E-state index >= 15 is 0 Å². The summed E-state index contributed by atoms with van der Waals surface area (Å²) in [7, 11) is 3.43. The van der Waals surface area contributed by atoms with Crippen molar-refractivity contribution in [3.63, 3.8) is 0 Å². The Hall–Kier alpha value is -1.27. The molecule has 0 amide bonds. The molecule has 3 rings (SSSR count). The van der Waals surface area contributed by atoms with Crippen LogP contribution in [0.15, 0.2) is 9.79 Å². The van der Waals surface area contributed by atoms with E-state index in [1.807, 2.05) is 0 Å². The van der Waals surface area contributed by atoms with Crippen molar-refractivity contribution in [3.05, 3.63) is 21.3 Å².